The molecule has 0 bridgehead atoms. The molecule has 7 nitrogen and oxygen atoms in total. The summed E-state index contributed by atoms with van der Waals surface area (Å²) in [6, 6.07) is 0. The van der Waals surface area contributed by atoms with Crippen LogP contribution in [0, 0.1) is 0 Å². The van der Waals surface area contributed by atoms with Crippen LogP contribution >= 0.6 is 0 Å². The van der Waals surface area contributed by atoms with Crippen LogP contribution in [-0.2, 0) is 17.4 Å². The van der Waals surface area contributed by atoms with Crippen molar-refractivity contribution >= 4 is 24.4 Å². The van der Waals surface area contributed by atoms with Crippen molar-refractivity contribution in [1.82, 2.24) is 9.97 Å². The third-order valence-electron chi connectivity index (χ3n) is 1.50. The molecule has 1 heterocycles. The number of carbonyl (C=O) groups excluding carboxylic acids is 1. The number of nitrogens with one attached hydrogen (secondary N) is 2. The van der Waals surface area contributed by atoms with E-state index >= 15 is 0 Å². The van der Waals surface area contributed by atoms with E-state index in [9.17, 15) is 14.7 Å². The fourth-order valence-corrected chi connectivity index (χ4v) is 1.14. The van der Waals surface area contributed by atoms with Gasteiger partial charge < -0.3 is 27.5 Å². The number of amides is 1. The summed E-state index contributed by atoms with van der Waals surface area (Å²) in [5.41, 5.74) is -1.85. The molecule has 0 aliphatic heterocycles. The maximum Gasteiger partial charge on any atom is 1.00 e. The van der Waals surface area contributed by atoms with E-state index in [1.807, 2.05) is 0 Å². The number of hydrogen-bond donors (Lipinski definition) is 3. The molecule has 9 heteroatoms. The van der Waals surface area contributed by atoms with Gasteiger partial charge in [-0.25, -0.2) is 9.78 Å². The second kappa shape index (κ2) is 6.37. The molecule has 0 radical (unpaired) electrons. The molecular formula is C9H12N3NaO4S. The molecule has 0 atom stereocenters. The number of aromatic nitrogens is 2. The normalized spacial score (nSPS) is 10.4. The van der Waals surface area contributed by atoms with E-state index in [-0.39, 0.29) is 34.7 Å². The molecule has 0 aliphatic carbocycles. The topological polar surface area (TPSA) is 104 Å². The van der Waals surface area contributed by atoms with Gasteiger partial charge in [0.1, 0.15) is 5.60 Å². The van der Waals surface area contributed by atoms with Gasteiger partial charge in [-0.1, -0.05) is 0 Å². The van der Waals surface area contributed by atoms with E-state index in [0.29, 0.717) is 0 Å². The van der Waals surface area contributed by atoms with Crippen LogP contribution < -0.4 is 40.4 Å². The molecule has 0 saturated carbocycles. The Morgan fingerprint density at radius 2 is 2.06 bits per heavy atom. The van der Waals surface area contributed by atoms with Gasteiger partial charge in [0, 0.05) is 0 Å². The molecule has 1 aromatic heterocycles. The first-order valence-corrected chi connectivity index (χ1v) is 5.10. The fourth-order valence-electron chi connectivity index (χ4n) is 0.960. The Morgan fingerprint density at radius 1 is 1.50 bits per heavy atom. The molecule has 3 N–H and O–H groups in total. The van der Waals surface area contributed by atoms with Gasteiger partial charge in [-0.05, 0) is 25.9 Å². The fraction of sp³-hybridized carbons (Fsp3) is 0.444. The molecule has 1 aromatic rings. The van der Waals surface area contributed by atoms with Crippen LogP contribution in [0.4, 0.5) is 10.5 Å². The Balaban J connectivity index is 0.00000289. The van der Waals surface area contributed by atoms with Crippen molar-refractivity contribution < 1.29 is 44.2 Å². The van der Waals surface area contributed by atoms with Crippen molar-refractivity contribution in [2.75, 3.05) is 5.32 Å². The first-order chi connectivity index (χ1) is 7.69. The molecule has 0 fully saturated rings. The number of H-pyrrole nitrogens is 1. The van der Waals surface area contributed by atoms with Crippen molar-refractivity contribution in [2.24, 2.45) is 0 Å². The molecule has 0 saturated heterocycles. The summed E-state index contributed by atoms with van der Waals surface area (Å²) >= 11 is 4.58. The summed E-state index contributed by atoms with van der Waals surface area (Å²) in [7, 11) is 0. The largest absolute Gasteiger partial charge is 1.00 e. The predicted octanol–water partition coefficient (Wildman–Crippen LogP) is -2.27. The first-order valence-electron chi connectivity index (χ1n) is 4.69. The minimum atomic E-state index is -0.864. The van der Waals surface area contributed by atoms with Crippen LogP contribution in [0.15, 0.2) is 9.95 Å². The third kappa shape index (κ3) is 5.21. The van der Waals surface area contributed by atoms with Gasteiger partial charge in [-0.15, -0.1) is 0 Å². The van der Waals surface area contributed by atoms with Gasteiger partial charge in [0.15, 0.2) is 5.69 Å². The van der Waals surface area contributed by atoms with Gasteiger partial charge in [-0.3, -0.25) is 10.1 Å². The monoisotopic (exact) mass is 281 g/mol. The van der Waals surface area contributed by atoms with Gasteiger partial charge in [0.05, 0.1) is 0 Å². The van der Waals surface area contributed by atoms with Gasteiger partial charge >= 0.3 is 35.7 Å². The molecule has 1 rings (SSSR count). The van der Waals surface area contributed by atoms with Crippen molar-refractivity contribution in [1.29, 1.82) is 0 Å². The molecule has 0 spiro atoms. The van der Waals surface area contributed by atoms with E-state index in [4.69, 9.17) is 4.74 Å². The molecular weight excluding hydrogens is 269 g/mol. The summed E-state index contributed by atoms with van der Waals surface area (Å²) in [6.07, 6.45) is -0.864. The maximum absolute atomic E-state index is 11.4. The summed E-state index contributed by atoms with van der Waals surface area (Å²) in [4.78, 5) is 28.3. The Bertz CT molecular complexity index is 498. The summed E-state index contributed by atoms with van der Waals surface area (Å²) in [5, 5.41) is 11.3. The number of aromatic amines is 1. The average molecular weight is 281 g/mol. The quantitative estimate of drug-likeness (QED) is 0.305. The molecule has 1 amide bonds. The zero-order chi connectivity index (χ0) is 13.2. The van der Waals surface area contributed by atoms with Crippen LogP contribution in [0.3, 0.4) is 0 Å². The molecule has 18 heavy (non-hydrogen) atoms. The third-order valence-corrected chi connectivity index (χ3v) is 1.70. The number of carbonyl (C=O) groups is 1. The average Bonchev–Trinajstić information content (AvgIpc) is 2.08. The summed E-state index contributed by atoms with van der Waals surface area (Å²) < 4.78 is 4.91. The number of ether oxygens (including phenoxy) is 1. The van der Waals surface area contributed by atoms with Gasteiger partial charge in [0.2, 0.25) is 5.88 Å². The van der Waals surface area contributed by atoms with E-state index < -0.39 is 28.8 Å². The van der Waals surface area contributed by atoms with Gasteiger partial charge in [-0.2, -0.15) is 0 Å². The smallest absolute Gasteiger partial charge is 0.742 e. The molecule has 94 valence electrons. The van der Waals surface area contributed by atoms with Crippen molar-refractivity contribution in [2.45, 2.75) is 31.5 Å². The number of aromatic hydroxyl groups is 1. The van der Waals surface area contributed by atoms with Crippen molar-refractivity contribution in [3.05, 3.63) is 10.4 Å². The second-order valence-corrected chi connectivity index (χ2v) is 4.58. The number of nitrogens with zero attached hydrogens (tertiary/aromatic N) is 1. The van der Waals surface area contributed by atoms with Crippen LogP contribution in [0.5, 0.6) is 5.88 Å². The second-order valence-electron chi connectivity index (χ2n) is 4.20. The SMILES string of the molecule is CC(C)(C)OC(=O)Nc1c(O)nc([S-])[nH]c1=O.[Na+]. The Morgan fingerprint density at radius 3 is 2.50 bits per heavy atom. The first kappa shape index (κ1) is 17.2. The van der Waals surface area contributed by atoms with E-state index in [2.05, 4.69) is 27.9 Å². The predicted molar refractivity (Wildman–Crippen MR) is 62.0 cm³/mol. The van der Waals surface area contributed by atoms with Crippen LogP contribution in [0.1, 0.15) is 20.8 Å². The van der Waals surface area contributed by atoms with E-state index in [1.165, 1.54) is 0 Å². The summed E-state index contributed by atoms with van der Waals surface area (Å²) in [5.74, 6) is -0.649. The van der Waals surface area contributed by atoms with E-state index in [0.717, 1.165) is 0 Å². The van der Waals surface area contributed by atoms with Crippen LogP contribution in [0.25, 0.3) is 0 Å². The van der Waals surface area contributed by atoms with Crippen LogP contribution in [-0.4, -0.2) is 26.8 Å². The summed E-state index contributed by atoms with van der Waals surface area (Å²) in [6.45, 7) is 5.00. The minimum absolute atomic E-state index is 0. The van der Waals surface area contributed by atoms with Gasteiger partial charge in [0.25, 0.3) is 5.56 Å². The Kier molecular flexibility index (Phi) is 6.08. The van der Waals surface area contributed by atoms with Crippen LogP contribution in [0.2, 0.25) is 0 Å². The molecule has 0 aliphatic rings. The number of rotatable bonds is 1. The van der Waals surface area contributed by atoms with Crippen molar-refractivity contribution in [3.63, 3.8) is 0 Å². The zero-order valence-corrected chi connectivity index (χ0v) is 13.3. The number of anilines is 1. The minimum Gasteiger partial charge on any atom is -0.742 e. The Hall–Kier alpha value is -0.830. The van der Waals surface area contributed by atoms with E-state index in [1.54, 1.807) is 20.8 Å². The molecule has 0 aromatic carbocycles. The number of hydrogen-bond acceptors (Lipinski definition) is 6. The maximum atomic E-state index is 11.4. The zero-order valence-electron chi connectivity index (χ0n) is 10.5. The van der Waals surface area contributed by atoms with Crippen molar-refractivity contribution in [3.8, 4) is 5.88 Å². The Labute approximate surface area is 131 Å². The molecule has 0 unspecified atom stereocenters. The standard InChI is InChI=1S/C9H13N3O4S.Na/c1-9(2,3)16-8(15)10-4-5(13)11-7(17)12-6(4)14;/h1-3H3,(H,10,15)(H3,11,12,13,14,17);/q;+1/p-1.